The normalized spacial score (nSPS) is 15.2. The molecule has 0 N–H and O–H groups in total. The first-order valence-corrected chi connectivity index (χ1v) is 7.34. The molecule has 0 saturated carbocycles. The van der Waals surface area contributed by atoms with Crippen LogP contribution in [0.3, 0.4) is 0 Å². The van der Waals surface area contributed by atoms with Gasteiger partial charge in [-0.3, -0.25) is 4.11 Å². The average Bonchev–Trinajstić information content (AvgIpc) is 2.09. The van der Waals surface area contributed by atoms with E-state index >= 15 is 0 Å². The highest BCUT2D eigenvalue weighted by molar-refractivity contribution is 7.22. The van der Waals surface area contributed by atoms with Crippen molar-refractivity contribution >= 4 is 35.6 Å². The molecule has 15 heavy (non-hydrogen) atoms. The van der Waals surface area contributed by atoms with E-state index in [1.54, 1.807) is 0 Å². The number of rotatable bonds is 1. The molecule has 0 aromatic heterocycles. The van der Waals surface area contributed by atoms with Gasteiger partial charge in [0.2, 0.25) is 0 Å². The van der Waals surface area contributed by atoms with Gasteiger partial charge in [0.05, 0.1) is 5.19 Å². The van der Waals surface area contributed by atoms with Crippen molar-refractivity contribution in [2.45, 2.75) is 6.55 Å². The summed E-state index contributed by atoms with van der Waals surface area (Å²) in [6, 6.07) is 0. The lowest BCUT2D eigenvalue weighted by Gasteiger charge is -2.13. The van der Waals surface area contributed by atoms with Crippen LogP contribution in [0.5, 0.6) is 0 Å². The molecule has 0 amide bonds. The summed E-state index contributed by atoms with van der Waals surface area (Å²) in [5.41, 5.74) is 0. The number of hydrogen-bond acceptors (Lipinski definition) is 0. The second kappa shape index (κ2) is 3.91. The van der Waals surface area contributed by atoms with Crippen molar-refractivity contribution < 1.29 is 21.7 Å². The summed E-state index contributed by atoms with van der Waals surface area (Å²) in [5, 5.41) is -2.76. The zero-order chi connectivity index (χ0) is 12.0. The topological polar surface area (TPSA) is 0 Å². The fraction of sp³-hybridized carbons (Fsp3) is 0.143. The Morgan fingerprint density at radius 3 is 1.53 bits per heavy atom. The third-order valence-corrected chi connectivity index (χ3v) is 3.86. The van der Waals surface area contributed by atoms with Gasteiger partial charge < -0.3 is 0 Å². The van der Waals surface area contributed by atoms with Crippen LogP contribution in [0.4, 0.5) is 21.7 Å². The molecule has 0 aliphatic rings. The Morgan fingerprint density at radius 1 is 0.933 bits per heavy atom. The molecule has 0 bridgehead atoms. The van der Waals surface area contributed by atoms with E-state index < -0.39 is 41.2 Å². The third kappa shape index (κ3) is 2.11. The summed E-state index contributed by atoms with van der Waals surface area (Å²) in [4.78, 5) is 0. The minimum atomic E-state index is -4.52. The van der Waals surface area contributed by atoms with Crippen molar-refractivity contribution in [2.24, 2.45) is 0 Å². The summed E-state index contributed by atoms with van der Waals surface area (Å²) in [7, 11) is -4.52. The van der Waals surface area contributed by atoms with Gasteiger partial charge in [-0.1, -0.05) is 11.6 Å². The zero-order valence-electron chi connectivity index (χ0n) is 7.15. The lowest BCUT2D eigenvalue weighted by Crippen LogP contribution is -2.41. The molecular formula is C7H3Cl2F5Si. The molecular weight excluding hydrogens is 278 g/mol. The Labute approximate surface area is 92.5 Å². The van der Waals surface area contributed by atoms with E-state index in [-0.39, 0.29) is 0 Å². The van der Waals surface area contributed by atoms with E-state index in [0.717, 1.165) is 0 Å². The number of hydrogen-bond donors (Lipinski definition) is 0. The first-order chi connectivity index (χ1) is 6.68. The molecule has 0 radical (unpaired) electrons. The Balaban J connectivity index is 3.68. The van der Waals surface area contributed by atoms with Gasteiger partial charge in [0.1, 0.15) is 5.02 Å². The van der Waals surface area contributed by atoms with Gasteiger partial charge in [0.15, 0.2) is 23.3 Å². The van der Waals surface area contributed by atoms with Crippen LogP contribution in [-0.4, -0.2) is 7.72 Å². The fourth-order valence-corrected chi connectivity index (χ4v) is 2.64. The average molecular weight is 281 g/mol. The summed E-state index contributed by atoms with van der Waals surface area (Å²) in [5.74, 6) is -7.46. The minimum absolute atomic E-state index is 0.683. The molecule has 1 unspecified atom stereocenters. The smallest absolute Gasteiger partial charge is 0.287 e. The monoisotopic (exact) mass is 280 g/mol. The second-order valence-electron chi connectivity index (χ2n) is 2.83. The summed E-state index contributed by atoms with van der Waals surface area (Å²) < 4.78 is 65.0. The van der Waals surface area contributed by atoms with Crippen LogP contribution < -0.4 is 5.19 Å². The van der Waals surface area contributed by atoms with Gasteiger partial charge in [-0.05, 0) is 6.55 Å². The third-order valence-electron chi connectivity index (χ3n) is 1.65. The van der Waals surface area contributed by atoms with Gasteiger partial charge in [0.25, 0.3) is 0 Å². The van der Waals surface area contributed by atoms with Gasteiger partial charge >= 0.3 is 7.72 Å². The minimum Gasteiger partial charge on any atom is -0.287 e. The van der Waals surface area contributed by atoms with E-state index in [0.29, 0.717) is 6.55 Å². The predicted octanol–water partition coefficient (Wildman–Crippen LogP) is 3.38. The summed E-state index contributed by atoms with van der Waals surface area (Å²) in [6.45, 7) is 0.683. The van der Waals surface area contributed by atoms with Crippen LogP contribution in [0.1, 0.15) is 0 Å². The zero-order valence-corrected chi connectivity index (χ0v) is 9.66. The quantitative estimate of drug-likeness (QED) is 0.243. The maximum Gasteiger partial charge on any atom is 0.373 e. The van der Waals surface area contributed by atoms with Crippen LogP contribution in [0.2, 0.25) is 11.6 Å². The van der Waals surface area contributed by atoms with E-state index in [2.05, 4.69) is 0 Å². The SMILES string of the molecule is C[Si](F)(Cl)c1c(F)c(F)c(Cl)c(F)c1F. The molecule has 0 nitrogen and oxygen atoms in total. The van der Waals surface area contributed by atoms with Crippen LogP contribution in [-0.2, 0) is 0 Å². The standard InChI is InChI=1S/C7H3Cl2F5Si/c1-15(9,14)7-5(12)3(10)2(8)4(11)6(7)13/h1H3. The highest BCUT2D eigenvalue weighted by Gasteiger charge is 2.39. The highest BCUT2D eigenvalue weighted by atomic mass is 35.6. The fourth-order valence-electron chi connectivity index (χ4n) is 0.990. The lowest BCUT2D eigenvalue weighted by atomic mass is 10.3. The maximum atomic E-state index is 13.2. The van der Waals surface area contributed by atoms with E-state index in [1.165, 1.54) is 0 Å². The van der Waals surface area contributed by atoms with Crippen molar-refractivity contribution in [2.75, 3.05) is 0 Å². The van der Waals surface area contributed by atoms with Crippen LogP contribution in [0.25, 0.3) is 0 Å². The maximum absolute atomic E-state index is 13.2. The van der Waals surface area contributed by atoms with Gasteiger partial charge in [0, 0.05) is 0 Å². The molecule has 0 spiro atoms. The largest absolute Gasteiger partial charge is 0.373 e. The summed E-state index contributed by atoms with van der Waals surface area (Å²) >= 11 is 10.0. The molecule has 84 valence electrons. The molecule has 1 atom stereocenters. The molecule has 0 aliphatic heterocycles. The van der Waals surface area contributed by atoms with Crippen LogP contribution >= 0.6 is 22.7 Å². The molecule has 0 heterocycles. The molecule has 1 aromatic rings. The van der Waals surface area contributed by atoms with Crippen molar-refractivity contribution in [1.29, 1.82) is 0 Å². The van der Waals surface area contributed by atoms with Gasteiger partial charge in [-0.2, -0.15) is 0 Å². The molecule has 1 aromatic carbocycles. The Kier molecular flexibility index (Phi) is 3.32. The van der Waals surface area contributed by atoms with Gasteiger partial charge in [-0.25, -0.2) is 17.6 Å². The van der Waals surface area contributed by atoms with Crippen LogP contribution in [0.15, 0.2) is 0 Å². The second-order valence-corrected chi connectivity index (χ2v) is 7.62. The Bertz CT molecular complexity index is 386. The lowest BCUT2D eigenvalue weighted by molar-refractivity contribution is 0.462. The number of halogens is 7. The van der Waals surface area contributed by atoms with E-state index in [1.807, 2.05) is 0 Å². The molecule has 8 heteroatoms. The van der Waals surface area contributed by atoms with E-state index in [4.69, 9.17) is 22.7 Å². The molecule has 0 saturated heterocycles. The summed E-state index contributed by atoms with van der Waals surface area (Å²) in [6.07, 6.45) is 0. The molecule has 1 rings (SSSR count). The Morgan fingerprint density at radius 2 is 1.27 bits per heavy atom. The number of benzene rings is 1. The van der Waals surface area contributed by atoms with Gasteiger partial charge in [-0.15, -0.1) is 11.1 Å². The first-order valence-electron chi connectivity index (χ1n) is 3.57. The Hall–Kier alpha value is -0.333. The van der Waals surface area contributed by atoms with E-state index in [9.17, 15) is 21.7 Å². The predicted molar refractivity (Wildman–Crippen MR) is 49.5 cm³/mol. The van der Waals surface area contributed by atoms with Crippen molar-refractivity contribution in [3.8, 4) is 0 Å². The molecule has 0 fully saturated rings. The van der Waals surface area contributed by atoms with Crippen molar-refractivity contribution in [1.82, 2.24) is 0 Å². The first kappa shape index (κ1) is 12.7. The van der Waals surface area contributed by atoms with Crippen molar-refractivity contribution in [3.05, 3.63) is 28.3 Å². The molecule has 0 aliphatic carbocycles. The van der Waals surface area contributed by atoms with Crippen molar-refractivity contribution in [3.63, 3.8) is 0 Å². The van der Waals surface area contributed by atoms with Crippen LogP contribution in [0, 0.1) is 23.3 Å². The highest BCUT2D eigenvalue weighted by Crippen LogP contribution is 2.26.